The summed E-state index contributed by atoms with van der Waals surface area (Å²) < 4.78 is 25.1. The number of benzene rings is 1. The summed E-state index contributed by atoms with van der Waals surface area (Å²) in [5.74, 6) is 1.18. The Kier molecular flexibility index (Phi) is 9.50. The van der Waals surface area contributed by atoms with Crippen LogP contribution < -0.4 is 10.2 Å². The summed E-state index contributed by atoms with van der Waals surface area (Å²) in [5, 5.41) is 3.36. The van der Waals surface area contributed by atoms with Gasteiger partial charge in [0.15, 0.2) is 5.96 Å². The van der Waals surface area contributed by atoms with Crippen LogP contribution in [0.25, 0.3) is 0 Å². The maximum atomic E-state index is 14.5. The Morgan fingerprint density at radius 3 is 2.75 bits per heavy atom. The lowest BCUT2D eigenvalue weighted by Crippen LogP contribution is -2.39. The molecule has 6 nitrogen and oxygen atoms in total. The second kappa shape index (κ2) is 11.9. The molecule has 0 amide bonds. The van der Waals surface area contributed by atoms with Crippen LogP contribution >= 0.6 is 0 Å². The molecule has 1 aromatic rings. The Morgan fingerprint density at radius 2 is 2.11 bits per heavy atom. The van der Waals surface area contributed by atoms with E-state index in [2.05, 4.69) is 15.2 Å². The van der Waals surface area contributed by atoms with Gasteiger partial charge in [-0.1, -0.05) is 6.07 Å². The third kappa shape index (κ3) is 6.34. The Labute approximate surface area is 168 Å². The number of aliphatic imine (C=N–C) groups is 1. The maximum absolute atomic E-state index is 14.5. The van der Waals surface area contributed by atoms with Gasteiger partial charge >= 0.3 is 0 Å². The fraction of sp³-hybridized carbons (Fsp3) is 0.667. The molecule has 0 saturated carbocycles. The van der Waals surface area contributed by atoms with Crippen molar-refractivity contribution in [2.24, 2.45) is 10.9 Å². The monoisotopic (exact) mass is 394 g/mol. The number of hydrogen-bond acceptors (Lipinski definition) is 4. The van der Waals surface area contributed by atoms with E-state index in [0.717, 1.165) is 50.7 Å². The number of anilines is 1. The molecule has 1 heterocycles. The van der Waals surface area contributed by atoms with Crippen LogP contribution in [0.3, 0.4) is 0 Å². The van der Waals surface area contributed by atoms with E-state index in [1.807, 2.05) is 30.9 Å². The minimum atomic E-state index is -0.174. The maximum Gasteiger partial charge on any atom is 0.193 e. The van der Waals surface area contributed by atoms with Crippen molar-refractivity contribution in [2.75, 3.05) is 65.1 Å². The van der Waals surface area contributed by atoms with Crippen molar-refractivity contribution < 1.29 is 13.9 Å². The van der Waals surface area contributed by atoms with Crippen LogP contribution in [0.5, 0.6) is 0 Å². The minimum absolute atomic E-state index is 0.174. The third-order valence-corrected chi connectivity index (χ3v) is 5.15. The van der Waals surface area contributed by atoms with Crippen LogP contribution in [0.15, 0.2) is 23.2 Å². The lowest BCUT2D eigenvalue weighted by atomic mass is 10.1. The second-order valence-corrected chi connectivity index (χ2v) is 7.03. The van der Waals surface area contributed by atoms with Gasteiger partial charge in [0.1, 0.15) is 5.82 Å². The van der Waals surface area contributed by atoms with Crippen molar-refractivity contribution in [3.8, 4) is 0 Å². The Balaban J connectivity index is 1.85. The summed E-state index contributed by atoms with van der Waals surface area (Å²) in [5.41, 5.74) is 1.57. The predicted molar refractivity (Wildman–Crippen MR) is 113 cm³/mol. The van der Waals surface area contributed by atoms with E-state index in [9.17, 15) is 4.39 Å². The summed E-state index contributed by atoms with van der Waals surface area (Å²) in [6, 6.07) is 5.46. The fourth-order valence-electron chi connectivity index (χ4n) is 3.55. The molecule has 28 heavy (non-hydrogen) atoms. The van der Waals surface area contributed by atoms with Gasteiger partial charge in [-0.2, -0.15) is 0 Å². The summed E-state index contributed by atoms with van der Waals surface area (Å²) in [4.78, 5) is 8.65. The van der Waals surface area contributed by atoms with Crippen LogP contribution in [-0.2, 0) is 16.0 Å². The molecular formula is C21H35FN4O2. The number of rotatable bonds is 10. The Morgan fingerprint density at radius 1 is 1.32 bits per heavy atom. The van der Waals surface area contributed by atoms with Gasteiger partial charge in [-0.05, 0) is 38.0 Å². The minimum Gasteiger partial charge on any atom is -0.382 e. The van der Waals surface area contributed by atoms with Crippen molar-refractivity contribution in [1.29, 1.82) is 0 Å². The zero-order valence-electron chi connectivity index (χ0n) is 17.7. The molecule has 0 aromatic heterocycles. The highest BCUT2D eigenvalue weighted by atomic mass is 19.1. The molecule has 1 aromatic carbocycles. The highest BCUT2D eigenvalue weighted by Gasteiger charge is 2.25. The average molecular weight is 395 g/mol. The number of ether oxygens (including phenoxy) is 2. The molecule has 158 valence electrons. The SMILES string of the molecule is CCN(CC)c1ccc(CNC(=NC)N2CCC(COCCOC)C2)cc1F. The number of hydrogen-bond donors (Lipinski definition) is 1. The highest BCUT2D eigenvalue weighted by Crippen LogP contribution is 2.21. The van der Waals surface area contributed by atoms with E-state index in [1.54, 1.807) is 20.2 Å². The van der Waals surface area contributed by atoms with Crippen LogP contribution in [0, 0.1) is 11.7 Å². The van der Waals surface area contributed by atoms with Gasteiger partial charge in [-0.25, -0.2) is 4.39 Å². The first-order chi connectivity index (χ1) is 13.6. The first-order valence-electron chi connectivity index (χ1n) is 10.2. The summed E-state index contributed by atoms with van der Waals surface area (Å²) in [6.45, 7) is 10.1. The number of likely N-dealkylation sites (tertiary alicyclic amines) is 1. The zero-order chi connectivity index (χ0) is 20.4. The Hall–Kier alpha value is -1.86. The van der Waals surface area contributed by atoms with E-state index < -0.39 is 0 Å². The number of halogens is 1. The average Bonchev–Trinajstić information content (AvgIpc) is 3.17. The molecule has 0 aliphatic carbocycles. The van der Waals surface area contributed by atoms with Gasteiger partial charge in [0, 0.05) is 52.8 Å². The van der Waals surface area contributed by atoms with Crippen molar-refractivity contribution in [3.63, 3.8) is 0 Å². The van der Waals surface area contributed by atoms with E-state index in [1.165, 1.54) is 0 Å². The molecule has 7 heteroatoms. The Bertz CT molecular complexity index is 622. The standard InChI is InChI=1S/C21H35FN4O2/c1-5-25(6-2)20-8-7-17(13-19(20)22)14-24-21(23-3)26-10-9-18(15-26)16-28-12-11-27-4/h7-8,13,18H,5-6,9-12,14-16H2,1-4H3,(H,23,24). The molecule has 1 unspecified atom stereocenters. The normalized spacial score (nSPS) is 17.2. The van der Waals surface area contributed by atoms with E-state index in [0.29, 0.717) is 31.4 Å². The first kappa shape index (κ1) is 22.4. The second-order valence-electron chi connectivity index (χ2n) is 7.03. The van der Waals surface area contributed by atoms with Crippen molar-refractivity contribution in [1.82, 2.24) is 10.2 Å². The smallest absolute Gasteiger partial charge is 0.193 e. The summed E-state index contributed by atoms with van der Waals surface area (Å²) in [6.07, 6.45) is 1.08. The summed E-state index contributed by atoms with van der Waals surface area (Å²) >= 11 is 0. The van der Waals surface area contributed by atoms with Crippen molar-refractivity contribution >= 4 is 11.6 Å². The molecule has 1 aliphatic rings. The van der Waals surface area contributed by atoms with E-state index in [4.69, 9.17) is 9.47 Å². The first-order valence-corrected chi connectivity index (χ1v) is 10.2. The van der Waals surface area contributed by atoms with Gasteiger partial charge in [0.25, 0.3) is 0 Å². The number of nitrogens with zero attached hydrogens (tertiary/aromatic N) is 3. The van der Waals surface area contributed by atoms with Crippen molar-refractivity contribution in [2.45, 2.75) is 26.8 Å². The zero-order valence-corrected chi connectivity index (χ0v) is 17.7. The van der Waals surface area contributed by atoms with E-state index in [-0.39, 0.29) is 5.82 Å². The lowest BCUT2D eigenvalue weighted by molar-refractivity contribution is 0.0536. The van der Waals surface area contributed by atoms with Crippen LogP contribution in [0.2, 0.25) is 0 Å². The molecule has 1 atom stereocenters. The largest absolute Gasteiger partial charge is 0.382 e. The van der Waals surface area contributed by atoms with E-state index >= 15 is 0 Å². The van der Waals surface area contributed by atoms with Gasteiger partial charge in [0.05, 0.1) is 25.5 Å². The van der Waals surface area contributed by atoms with Gasteiger partial charge < -0.3 is 24.6 Å². The topological polar surface area (TPSA) is 49.3 Å². The summed E-state index contributed by atoms with van der Waals surface area (Å²) in [7, 11) is 3.47. The van der Waals surface area contributed by atoms with Gasteiger partial charge in [-0.15, -0.1) is 0 Å². The molecule has 1 N–H and O–H groups in total. The molecule has 0 spiro atoms. The van der Waals surface area contributed by atoms with Crippen LogP contribution in [0.1, 0.15) is 25.8 Å². The molecule has 0 radical (unpaired) electrons. The molecule has 2 rings (SSSR count). The number of methoxy groups -OCH3 is 1. The molecule has 1 saturated heterocycles. The van der Waals surface area contributed by atoms with Crippen LogP contribution in [-0.4, -0.2) is 71.0 Å². The molecule has 1 aliphatic heterocycles. The highest BCUT2D eigenvalue weighted by molar-refractivity contribution is 5.80. The third-order valence-electron chi connectivity index (χ3n) is 5.15. The van der Waals surface area contributed by atoms with Crippen LogP contribution in [0.4, 0.5) is 10.1 Å². The quantitative estimate of drug-likeness (QED) is 0.376. The number of guanidine groups is 1. The number of nitrogens with one attached hydrogen (secondary N) is 1. The molecule has 0 bridgehead atoms. The molecular weight excluding hydrogens is 359 g/mol. The van der Waals surface area contributed by atoms with Crippen molar-refractivity contribution in [3.05, 3.63) is 29.6 Å². The fourth-order valence-corrected chi connectivity index (χ4v) is 3.55. The van der Waals surface area contributed by atoms with Gasteiger partial charge in [-0.3, -0.25) is 4.99 Å². The van der Waals surface area contributed by atoms with Gasteiger partial charge in [0.2, 0.25) is 0 Å². The molecule has 1 fully saturated rings. The lowest BCUT2D eigenvalue weighted by Gasteiger charge is -2.23. The predicted octanol–water partition coefficient (Wildman–Crippen LogP) is 2.73.